The highest BCUT2D eigenvalue weighted by atomic mass is 28.3. The van der Waals surface area contributed by atoms with Crippen molar-refractivity contribution in [2.75, 3.05) is 0 Å². The van der Waals surface area contributed by atoms with Gasteiger partial charge in [-0.05, 0) is 60.5 Å². The lowest BCUT2D eigenvalue weighted by molar-refractivity contribution is -0.659. The molecule has 0 spiro atoms. The third kappa shape index (κ3) is 3.23. The van der Waals surface area contributed by atoms with Gasteiger partial charge < -0.3 is 0 Å². The molecule has 0 aliphatic heterocycles. The SMILES string of the molecule is Cc1cc(-c2c3ccc([Si](C)(C)C(C)C)cc3cc[n+]2C)c(C)c(C)c1F. The Morgan fingerprint density at radius 3 is 2.26 bits per heavy atom. The molecule has 0 radical (unpaired) electrons. The van der Waals surface area contributed by atoms with Gasteiger partial charge in [0.25, 0.3) is 0 Å². The average Bonchev–Trinajstić information content (AvgIpc) is 2.62. The summed E-state index contributed by atoms with van der Waals surface area (Å²) in [6, 6.07) is 11.2. The van der Waals surface area contributed by atoms with Gasteiger partial charge in [0.05, 0.1) is 19.0 Å². The number of hydrogen-bond donors (Lipinski definition) is 0. The lowest BCUT2D eigenvalue weighted by atomic mass is 9.94. The molecular weight excluding hydrogens is 349 g/mol. The number of halogens is 1. The van der Waals surface area contributed by atoms with E-state index in [1.54, 1.807) is 0 Å². The molecule has 0 atom stereocenters. The number of nitrogens with zero attached hydrogens (tertiary/aromatic N) is 1. The number of pyridine rings is 1. The van der Waals surface area contributed by atoms with Crippen LogP contribution >= 0.6 is 0 Å². The van der Waals surface area contributed by atoms with Gasteiger partial charge in [-0.3, -0.25) is 0 Å². The van der Waals surface area contributed by atoms with E-state index in [1.807, 2.05) is 26.8 Å². The van der Waals surface area contributed by atoms with Crippen molar-refractivity contribution in [1.82, 2.24) is 0 Å². The maximum absolute atomic E-state index is 14.4. The highest BCUT2D eigenvalue weighted by molar-refractivity contribution is 6.91. The van der Waals surface area contributed by atoms with Gasteiger partial charge in [0.1, 0.15) is 12.9 Å². The Morgan fingerprint density at radius 2 is 1.63 bits per heavy atom. The summed E-state index contributed by atoms with van der Waals surface area (Å²) in [6.45, 7) is 15.3. The molecule has 3 aromatic rings. The molecule has 0 N–H and O–H groups in total. The Morgan fingerprint density at radius 1 is 0.963 bits per heavy atom. The van der Waals surface area contributed by atoms with Gasteiger partial charge in [-0.2, -0.15) is 0 Å². The molecule has 0 aliphatic rings. The van der Waals surface area contributed by atoms with E-state index in [0.717, 1.165) is 22.4 Å². The molecule has 0 unspecified atom stereocenters. The number of rotatable bonds is 3. The van der Waals surface area contributed by atoms with Crippen LogP contribution in [-0.2, 0) is 7.05 Å². The largest absolute Gasteiger partial charge is 0.220 e. The molecule has 142 valence electrons. The second-order valence-electron chi connectivity index (χ2n) is 8.76. The fourth-order valence-electron chi connectivity index (χ4n) is 3.74. The first-order valence-electron chi connectivity index (χ1n) is 9.75. The summed E-state index contributed by atoms with van der Waals surface area (Å²) >= 11 is 0. The van der Waals surface area contributed by atoms with Crippen molar-refractivity contribution in [1.29, 1.82) is 0 Å². The van der Waals surface area contributed by atoms with Crippen molar-refractivity contribution in [3.8, 4) is 11.3 Å². The Balaban J connectivity index is 2.31. The maximum Gasteiger partial charge on any atom is 0.220 e. The number of aromatic nitrogens is 1. The molecule has 0 fully saturated rings. The fourth-order valence-corrected chi connectivity index (χ4v) is 5.45. The number of benzene rings is 2. The standard InChI is InChI=1S/C24H31FNSi/c1-15(2)27(7,8)20-9-10-21-19(14-20)11-12-26(6)24(21)22-13-16(3)23(25)18(5)17(22)4/h9-15H,1-8H3/q+1. The lowest BCUT2D eigenvalue weighted by Gasteiger charge is -2.27. The number of hydrogen-bond acceptors (Lipinski definition) is 0. The van der Waals surface area contributed by atoms with E-state index in [-0.39, 0.29) is 5.82 Å². The van der Waals surface area contributed by atoms with E-state index in [4.69, 9.17) is 0 Å². The smallest absolute Gasteiger partial charge is 0.206 e. The van der Waals surface area contributed by atoms with Crippen LogP contribution in [0.1, 0.15) is 30.5 Å². The second-order valence-corrected chi connectivity index (χ2v) is 13.9. The van der Waals surface area contributed by atoms with Crippen LogP contribution in [-0.4, -0.2) is 8.07 Å². The Labute approximate surface area is 163 Å². The summed E-state index contributed by atoms with van der Waals surface area (Å²) in [5.41, 5.74) is 5.43. The van der Waals surface area contributed by atoms with Gasteiger partial charge in [-0.15, -0.1) is 0 Å². The van der Waals surface area contributed by atoms with Crippen molar-refractivity contribution in [3.05, 3.63) is 59.0 Å². The van der Waals surface area contributed by atoms with Gasteiger partial charge in [0.15, 0.2) is 6.20 Å². The van der Waals surface area contributed by atoms with Crippen molar-refractivity contribution in [2.24, 2.45) is 7.05 Å². The maximum atomic E-state index is 14.4. The normalized spacial score (nSPS) is 12.2. The van der Waals surface area contributed by atoms with E-state index >= 15 is 0 Å². The van der Waals surface area contributed by atoms with Crippen molar-refractivity contribution in [3.63, 3.8) is 0 Å². The third-order valence-electron chi connectivity index (χ3n) is 6.58. The van der Waals surface area contributed by atoms with Crippen LogP contribution in [0.25, 0.3) is 22.0 Å². The van der Waals surface area contributed by atoms with Crippen LogP contribution in [0.15, 0.2) is 36.5 Å². The molecule has 1 nitrogen and oxygen atoms in total. The molecule has 0 bridgehead atoms. The summed E-state index contributed by atoms with van der Waals surface area (Å²) in [5.74, 6) is -0.0916. The van der Waals surface area contributed by atoms with E-state index in [9.17, 15) is 4.39 Å². The number of fused-ring (bicyclic) bond motifs is 1. The zero-order valence-electron chi connectivity index (χ0n) is 17.9. The molecule has 0 saturated heterocycles. The average molecular weight is 381 g/mol. The van der Waals surface area contributed by atoms with Crippen LogP contribution in [0, 0.1) is 26.6 Å². The first-order chi connectivity index (χ1) is 12.6. The highest BCUT2D eigenvalue weighted by Crippen LogP contribution is 2.32. The first kappa shape index (κ1) is 19.8. The lowest BCUT2D eigenvalue weighted by Crippen LogP contribution is -2.44. The van der Waals surface area contributed by atoms with E-state index in [2.05, 4.69) is 69.0 Å². The Bertz CT molecular complexity index is 1030. The minimum atomic E-state index is -1.48. The predicted molar refractivity (Wildman–Crippen MR) is 117 cm³/mol. The van der Waals surface area contributed by atoms with Gasteiger partial charge in [-0.25, -0.2) is 8.96 Å². The summed E-state index contributed by atoms with van der Waals surface area (Å²) in [4.78, 5) is 0. The monoisotopic (exact) mass is 380 g/mol. The van der Waals surface area contributed by atoms with Crippen LogP contribution < -0.4 is 9.75 Å². The van der Waals surface area contributed by atoms with Crippen LogP contribution in [0.4, 0.5) is 4.39 Å². The zero-order chi connectivity index (χ0) is 20.1. The van der Waals surface area contributed by atoms with E-state index in [1.165, 1.54) is 16.0 Å². The van der Waals surface area contributed by atoms with Crippen molar-refractivity contribution < 1.29 is 8.96 Å². The third-order valence-corrected chi connectivity index (χ3v) is 11.3. The molecular formula is C24H31FNSi+. The summed E-state index contributed by atoms with van der Waals surface area (Å²) < 4.78 is 16.5. The number of aryl methyl sites for hydroxylation is 2. The van der Waals surface area contributed by atoms with Crippen LogP contribution in [0.3, 0.4) is 0 Å². The minimum Gasteiger partial charge on any atom is -0.206 e. The van der Waals surface area contributed by atoms with Gasteiger partial charge in [-0.1, -0.05) is 44.3 Å². The molecule has 1 heterocycles. The van der Waals surface area contributed by atoms with Gasteiger partial charge in [0.2, 0.25) is 5.69 Å². The molecule has 2 aromatic carbocycles. The van der Waals surface area contributed by atoms with Crippen molar-refractivity contribution in [2.45, 2.75) is 53.3 Å². The summed E-state index contributed by atoms with van der Waals surface area (Å²) in [6.07, 6.45) is 2.12. The molecule has 27 heavy (non-hydrogen) atoms. The van der Waals surface area contributed by atoms with Crippen LogP contribution in [0.5, 0.6) is 0 Å². The van der Waals surface area contributed by atoms with E-state index < -0.39 is 8.07 Å². The molecule has 1 aromatic heterocycles. The predicted octanol–water partition coefficient (Wildman–Crippen LogP) is 5.72. The summed E-state index contributed by atoms with van der Waals surface area (Å²) in [5, 5.41) is 3.99. The Kier molecular flexibility index (Phi) is 5.02. The minimum absolute atomic E-state index is 0.0916. The van der Waals surface area contributed by atoms with E-state index in [0.29, 0.717) is 11.1 Å². The summed E-state index contributed by atoms with van der Waals surface area (Å²) in [7, 11) is 0.595. The quantitative estimate of drug-likeness (QED) is 0.404. The van der Waals surface area contributed by atoms with Gasteiger partial charge in [0, 0.05) is 6.07 Å². The fraction of sp³-hybridized carbons (Fsp3) is 0.375. The topological polar surface area (TPSA) is 3.88 Å². The second kappa shape index (κ2) is 6.86. The molecule has 0 saturated carbocycles. The highest BCUT2D eigenvalue weighted by Gasteiger charge is 2.28. The first-order valence-corrected chi connectivity index (χ1v) is 12.8. The Hall–Kier alpha value is -2.00. The van der Waals surface area contributed by atoms with Crippen LogP contribution in [0.2, 0.25) is 18.6 Å². The molecule has 0 amide bonds. The van der Waals surface area contributed by atoms with Gasteiger partial charge >= 0.3 is 0 Å². The van der Waals surface area contributed by atoms with Crippen molar-refractivity contribution >= 4 is 24.0 Å². The molecule has 3 heteroatoms. The molecule has 0 aliphatic carbocycles. The molecule has 3 rings (SSSR count). The zero-order valence-corrected chi connectivity index (χ0v) is 18.9.